The molecule has 0 fully saturated rings. The van der Waals surface area contributed by atoms with E-state index in [1.165, 1.54) is 5.01 Å². The van der Waals surface area contributed by atoms with Gasteiger partial charge in [0.1, 0.15) is 0 Å². The van der Waals surface area contributed by atoms with Crippen LogP contribution in [0.5, 0.6) is 0 Å². The van der Waals surface area contributed by atoms with Gasteiger partial charge in [0.25, 0.3) is 0 Å². The van der Waals surface area contributed by atoms with E-state index in [1.54, 1.807) is 19.5 Å². The molecule has 0 unspecified atom stereocenters. The molecule has 1 aliphatic rings. The van der Waals surface area contributed by atoms with Crippen molar-refractivity contribution in [2.45, 2.75) is 25.7 Å². The number of hydrogen-bond donors (Lipinski definition) is 0. The van der Waals surface area contributed by atoms with Crippen molar-refractivity contribution in [2.75, 3.05) is 13.6 Å². The fraction of sp³-hybridized carbons (Fsp3) is 0.600. The van der Waals surface area contributed by atoms with Crippen molar-refractivity contribution < 1.29 is 4.79 Å². The predicted molar refractivity (Wildman–Crippen MR) is 58.5 cm³/mol. The molecule has 0 saturated heterocycles. The quantitative estimate of drug-likeness (QED) is 0.494. The zero-order valence-electron chi connectivity index (χ0n) is 8.85. The van der Waals surface area contributed by atoms with Gasteiger partial charge in [-0.3, -0.25) is 14.8 Å². The second-order valence-corrected chi connectivity index (χ2v) is 3.51. The third kappa shape index (κ3) is 4.01. The van der Waals surface area contributed by atoms with Crippen LogP contribution in [-0.4, -0.2) is 30.6 Å². The number of nitrogens with zero attached hydrogens (tertiary/aromatic N) is 3. The largest absolute Gasteiger partial charge is 0.294 e. The van der Waals surface area contributed by atoms with Gasteiger partial charge in [0.2, 0.25) is 0 Å². The van der Waals surface area contributed by atoms with Crippen molar-refractivity contribution in [1.82, 2.24) is 5.01 Å². The van der Waals surface area contributed by atoms with Gasteiger partial charge >= 0.3 is 0 Å². The summed E-state index contributed by atoms with van der Waals surface area (Å²) in [5.41, 5.74) is 0.791. The van der Waals surface area contributed by atoms with Gasteiger partial charge in [-0.15, -0.1) is 4.91 Å². The van der Waals surface area contributed by atoms with Crippen LogP contribution >= 0.6 is 0 Å². The van der Waals surface area contributed by atoms with Crippen LogP contribution in [0.4, 0.5) is 0 Å². The molecule has 1 rings (SSSR count). The van der Waals surface area contributed by atoms with Crippen LogP contribution in [0.1, 0.15) is 25.7 Å². The molecule has 15 heavy (non-hydrogen) atoms. The van der Waals surface area contributed by atoms with Crippen LogP contribution in [0.3, 0.4) is 0 Å². The van der Waals surface area contributed by atoms with Gasteiger partial charge in [-0.1, -0.05) is 0 Å². The summed E-state index contributed by atoms with van der Waals surface area (Å²) >= 11 is 0. The van der Waals surface area contributed by atoms with E-state index in [2.05, 4.69) is 10.3 Å². The molecular weight excluding hydrogens is 194 g/mol. The highest BCUT2D eigenvalue weighted by molar-refractivity contribution is 5.96. The Labute approximate surface area is 88.8 Å². The second-order valence-electron chi connectivity index (χ2n) is 3.51. The topological polar surface area (TPSA) is 62.1 Å². The number of aliphatic imine (C=N–C) groups is 1. The Bertz CT molecular complexity index is 297. The summed E-state index contributed by atoms with van der Waals surface area (Å²) in [4.78, 5) is 25.6. The third-order valence-corrected chi connectivity index (χ3v) is 2.26. The minimum Gasteiger partial charge on any atom is -0.294 e. The molecule has 0 atom stereocenters. The molecule has 0 amide bonds. The van der Waals surface area contributed by atoms with Crippen molar-refractivity contribution >= 4 is 12.0 Å². The number of carbonyl (C=O) groups is 1. The van der Waals surface area contributed by atoms with Crippen LogP contribution < -0.4 is 0 Å². The molecule has 5 heteroatoms. The fourth-order valence-corrected chi connectivity index (χ4v) is 1.38. The smallest absolute Gasteiger partial charge is 0.160 e. The molecule has 0 aromatic rings. The van der Waals surface area contributed by atoms with Crippen LogP contribution in [0, 0.1) is 4.91 Å². The minimum absolute atomic E-state index is 0.131. The molecule has 0 aliphatic carbocycles. The zero-order valence-corrected chi connectivity index (χ0v) is 8.85. The number of nitroso groups, excluding NO2 is 1. The van der Waals surface area contributed by atoms with Crippen molar-refractivity contribution in [3.05, 3.63) is 16.7 Å². The monoisotopic (exact) mass is 209 g/mol. The second kappa shape index (κ2) is 6.06. The van der Waals surface area contributed by atoms with Gasteiger partial charge in [0.15, 0.2) is 5.78 Å². The maximum atomic E-state index is 11.6. The molecular formula is C10H15N3O2. The molecule has 0 radical (unpaired) electrons. The molecule has 5 nitrogen and oxygen atoms in total. The van der Waals surface area contributed by atoms with Crippen molar-refractivity contribution in [3.63, 3.8) is 0 Å². The van der Waals surface area contributed by atoms with E-state index in [4.69, 9.17) is 0 Å². The molecule has 0 bridgehead atoms. The molecule has 1 heterocycles. The SMILES string of the molecule is CN(CCCC(=O)C1=CN=CCC1)N=O. The highest BCUT2D eigenvalue weighted by atomic mass is 16.3. The fourth-order valence-electron chi connectivity index (χ4n) is 1.38. The van der Waals surface area contributed by atoms with Crippen molar-refractivity contribution in [1.29, 1.82) is 0 Å². The summed E-state index contributed by atoms with van der Waals surface area (Å²) < 4.78 is 0. The molecule has 0 spiro atoms. The van der Waals surface area contributed by atoms with E-state index in [-0.39, 0.29) is 5.78 Å². The highest BCUT2D eigenvalue weighted by Crippen LogP contribution is 2.12. The standard InChI is InChI=1S/C10H15N3O2/c1-13(12-15)7-3-5-10(14)9-4-2-6-11-8-9/h6,8H,2-5,7H2,1H3. The Balaban J connectivity index is 2.27. The number of rotatable bonds is 6. The number of ketones is 1. The Morgan fingerprint density at radius 3 is 3.07 bits per heavy atom. The summed E-state index contributed by atoms with van der Waals surface area (Å²) in [5, 5.41) is 4.02. The average molecular weight is 209 g/mol. The van der Waals surface area contributed by atoms with E-state index in [9.17, 15) is 9.70 Å². The van der Waals surface area contributed by atoms with Crippen molar-refractivity contribution in [2.24, 2.45) is 10.3 Å². The van der Waals surface area contributed by atoms with Gasteiger partial charge in [0.05, 0.1) is 5.29 Å². The highest BCUT2D eigenvalue weighted by Gasteiger charge is 2.10. The van der Waals surface area contributed by atoms with Crippen LogP contribution in [0.2, 0.25) is 0 Å². The Morgan fingerprint density at radius 1 is 1.67 bits per heavy atom. The summed E-state index contributed by atoms with van der Waals surface area (Å²) in [6, 6.07) is 0. The van der Waals surface area contributed by atoms with E-state index in [0.29, 0.717) is 19.4 Å². The number of carbonyl (C=O) groups excluding carboxylic acids is 1. The molecule has 0 aromatic heterocycles. The average Bonchev–Trinajstić information content (AvgIpc) is 2.29. The first kappa shape index (κ1) is 11.6. The van der Waals surface area contributed by atoms with Crippen LogP contribution in [-0.2, 0) is 4.79 Å². The lowest BCUT2D eigenvalue weighted by molar-refractivity contribution is -0.115. The maximum absolute atomic E-state index is 11.6. The first-order valence-corrected chi connectivity index (χ1v) is 5.02. The number of allylic oxidation sites excluding steroid dienone is 1. The van der Waals surface area contributed by atoms with Gasteiger partial charge < -0.3 is 0 Å². The van der Waals surface area contributed by atoms with E-state index in [1.807, 2.05) is 0 Å². The lowest BCUT2D eigenvalue weighted by atomic mass is 10.0. The molecule has 0 aromatic carbocycles. The Morgan fingerprint density at radius 2 is 2.47 bits per heavy atom. The molecule has 1 aliphatic heterocycles. The summed E-state index contributed by atoms with van der Waals surface area (Å²) in [5.74, 6) is 0.131. The van der Waals surface area contributed by atoms with Crippen molar-refractivity contribution in [3.8, 4) is 0 Å². The predicted octanol–water partition coefficient (Wildman–Crippen LogP) is 1.70. The Kier molecular flexibility index (Phi) is 4.66. The molecule has 82 valence electrons. The Hall–Kier alpha value is -1.52. The normalized spacial score (nSPS) is 14.6. The van der Waals surface area contributed by atoms with Crippen LogP contribution in [0.25, 0.3) is 0 Å². The van der Waals surface area contributed by atoms with Crippen LogP contribution in [0.15, 0.2) is 22.1 Å². The first-order valence-electron chi connectivity index (χ1n) is 5.02. The van der Waals surface area contributed by atoms with Gasteiger partial charge in [-0.2, -0.15) is 0 Å². The first-order chi connectivity index (χ1) is 7.24. The van der Waals surface area contributed by atoms with E-state index >= 15 is 0 Å². The molecule has 0 N–H and O–H groups in total. The van der Waals surface area contributed by atoms with E-state index in [0.717, 1.165) is 18.4 Å². The maximum Gasteiger partial charge on any atom is 0.160 e. The number of hydrogen-bond acceptors (Lipinski definition) is 4. The molecule has 0 saturated carbocycles. The van der Waals surface area contributed by atoms with E-state index < -0.39 is 0 Å². The number of Topliss-reactive ketones (excluding diaryl/α,β-unsaturated/α-hetero) is 1. The summed E-state index contributed by atoms with van der Waals surface area (Å²) in [7, 11) is 1.60. The third-order valence-electron chi connectivity index (χ3n) is 2.26. The van der Waals surface area contributed by atoms with Gasteiger partial charge in [-0.25, -0.2) is 0 Å². The lowest BCUT2D eigenvalue weighted by Gasteiger charge is -2.09. The zero-order chi connectivity index (χ0) is 11.1. The lowest BCUT2D eigenvalue weighted by Crippen LogP contribution is -2.14. The van der Waals surface area contributed by atoms with Gasteiger partial charge in [0, 0.05) is 38.0 Å². The minimum atomic E-state index is 0.131. The summed E-state index contributed by atoms with van der Waals surface area (Å²) in [6.07, 6.45) is 6.18. The summed E-state index contributed by atoms with van der Waals surface area (Å²) in [6.45, 7) is 0.520. The van der Waals surface area contributed by atoms with Gasteiger partial charge in [-0.05, 0) is 19.3 Å².